The molecule has 17 heavy (non-hydrogen) atoms. The summed E-state index contributed by atoms with van der Waals surface area (Å²) < 4.78 is 15.3. The van der Waals surface area contributed by atoms with E-state index in [1.54, 1.807) is 4.90 Å². The Balaban J connectivity index is 2.21. The summed E-state index contributed by atoms with van der Waals surface area (Å²) in [5.41, 5.74) is 0.856. The fourth-order valence-electron chi connectivity index (χ4n) is 1.91. The van der Waals surface area contributed by atoms with Crippen LogP contribution in [0, 0.1) is 0 Å². The van der Waals surface area contributed by atoms with Crippen molar-refractivity contribution < 1.29 is 18.8 Å². The molecule has 0 atom stereocenters. The second-order valence-corrected chi connectivity index (χ2v) is 3.82. The standard InChI is InChI=1S/C11H16N2O4/c1-3-16-10-8-7-13(11(14)15-2)6-4-5-9(8)17-12-10/h3-7H2,1-2H3. The van der Waals surface area contributed by atoms with Crippen LogP contribution < -0.4 is 4.74 Å². The van der Waals surface area contributed by atoms with E-state index in [0.717, 1.165) is 24.2 Å². The van der Waals surface area contributed by atoms with E-state index >= 15 is 0 Å². The topological polar surface area (TPSA) is 64.8 Å². The van der Waals surface area contributed by atoms with Gasteiger partial charge in [0, 0.05) is 13.0 Å². The van der Waals surface area contributed by atoms with Gasteiger partial charge in [-0.3, -0.25) is 0 Å². The van der Waals surface area contributed by atoms with Crippen LogP contribution in [0.1, 0.15) is 24.7 Å². The van der Waals surface area contributed by atoms with E-state index in [1.165, 1.54) is 7.11 Å². The summed E-state index contributed by atoms with van der Waals surface area (Å²) in [4.78, 5) is 13.2. The summed E-state index contributed by atoms with van der Waals surface area (Å²) >= 11 is 0. The highest BCUT2D eigenvalue weighted by molar-refractivity contribution is 5.67. The number of hydrogen-bond acceptors (Lipinski definition) is 5. The molecule has 0 N–H and O–H groups in total. The summed E-state index contributed by atoms with van der Waals surface area (Å²) in [5.74, 6) is 1.29. The molecule has 1 aromatic rings. The van der Waals surface area contributed by atoms with E-state index in [-0.39, 0.29) is 6.09 Å². The molecular formula is C11H16N2O4. The van der Waals surface area contributed by atoms with Gasteiger partial charge in [-0.25, -0.2) is 4.79 Å². The number of carbonyl (C=O) groups excluding carboxylic acids is 1. The summed E-state index contributed by atoms with van der Waals surface area (Å²) in [6.45, 7) is 3.50. The second-order valence-electron chi connectivity index (χ2n) is 3.82. The van der Waals surface area contributed by atoms with Crippen LogP contribution in [-0.4, -0.2) is 36.4 Å². The molecule has 0 unspecified atom stereocenters. The van der Waals surface area contributed by atoms with Gasteiger partial charge in [-0.1, -0.05) is 0 Å². The third-order valence-electron chi connectivity index (χ3n) is 2.73. The van der Waals surface area contributed by atoms with Crippen LogP contribution in [0.3, 0.4) is 0 Å². The van der Waals surface area contributed by atoms with Crippen LogP contribution in [0.4, 0.5) is 4.79 Å². The van der Waals surface area contributed by atoms with E-state index in [2.05, 4.69) is 5.16 Å². The first-order valence-corrected chi connectivity index (χ1v) is 5.69. The van der Waals surface area contributed by atoms with Crippen molar-refractivity contribution in [1.82, 2.24) is 10.1 Å². The quantitative estimate of drug-likeness (QED) is 0.785. The number of rotatable bonds is 2. The molecule has 0 saturated carbocycles. The van der Waals surface area contributed by atoms with Crippen LogP contribution in [0.2, 0.25) is 0 Å². The Morgan fingerprint density at radius 3 is 3.12 bits per heavy atom. The molecule has 0 aliphatic carbocycles. The Labute approximate surface area is 99.5 Å². The summed E-state index contributed by atoms with van der Waals surface area (Å²) in [6.07, 6.45) is 1.27. The number of hydrogen-bond donors (Lipinski definition) is 0. The fourth-order valence-corrected chi connectivity index (χ4v) is 1.91. The normalized spacial score (nSPS) is 15.1. The zero-order chi connectivity index (χ0) is 12.3. The monoisotopic (exact) mass is 240 g/mol. The van der Waals surface area contributed by atoms with Crippen LogP contribution in [0.25, 0.3) is 0 Å². The summed E-state index contributed by atoms with van der Waals surface area (Å²) in [6, 6.07) is 0. The number of methoxy groups -OCH3 is 1. The maximum absolute atomic E-state index is 11.5. The van der Waals surface area contributed by atoms with E-state index < -0.39 is 0 Å². The van der Waals surface area contributed by atoms with Crippen LogP contribution >= 0.6 is 0 Å². The van der Waals surface area contributed by atoms with Crippen LogP contribution in [0.15, 0.2) is 4.52 Å². The minimum atomic E-state index is -0.332. The average molecular weight is 240 g/mol. The molecule has 0 saturated heterocycles. The van der Waals surface area contributed by atoms with E-state index in [0.29, 0.717) is 25.6 Å². The Morgan fingerprint density at radius 1 is 1.59 bits per heavy atom. The van der Waals surface area contributed by atoms with Gasteiger partial charge in [-0.15, -0.1) is 0 Å². The number of aromatic nitrogens is 1. The number of ether oxygens (including phenoxy) is 2. The molecule has 6 nitrogen and oxygen atoms in total. The van der Waals surface area contributed by atoms with Crippen molar-refractivity contribution in [2.24, 2.45) is 0 Å². The number of fused-ring (bicyclic) bond motifs is 1. The molecule has 0 spiro atoms. The Hall–Kier alpha value is -1.72. The van der Waals surface area contributed by atoms with Gasteiger partial charge in [-0.05, 0) is 18.5 Å². The predicted octanol–water partition coefficient (Wildman–Crippen LogP) is 1.59. The number of amides is 1. The molecule has 94 valence electrons. The zero-order valence-electron chi connectivity index (χ0n) is 10.1. The molecule has 0 fully saturated rings. The highest BCUT2D eigenvalue weighted by atomic mass is 16.5. The number of nitrogens with zero attached hydrogens (tertiary/aromatic N) is 2. The van der Waals surface area contributed by atoms with Crippen LogP contribution in [-0.2, 0) is 17.7 Å². The van der Waals surface area contributed by atoms with Gasteiger partial charge in [0.1, 0.15) is 5.76 Å². The SMILES string of the molecule is CCOc1noc2c1CN(C(=O)OC)CCC2. The molecule has 2 heterocycles. The van der Waals surface area contributed by atoms with Crippen molar-refractivity contribution in [3.63, 3.8) is 0 Å². The first kappa shape index (κ1) is 11.8. The number of aryl methyl sites for hydroxylation is 1. The van der Waals surface area contributed by atoms with Gasteiger partial charge in [-0.2, -0.15) is 0 Å². The molecule has 1 aromatic heterocycles. The minimum Gasteiger partial charge on any atom is -0.476 e. The lowest BCUT2D eigenvalue weighted by Gasteiger charge is -2.18. The average Bonchev–Trinajstić information content (AvgIpc) is 2.60. The molecule has 1 aliphatic heterocycles. The molecule has 1 amide bonds. The lowest BCUT2D eigenvalue weighted by Crippen LogP contribution is -2.30. The van der Waals surface area contributed by atoms with Crippen molar-refractivity contribution in [3.8, 4) is 5.88 Å². The smallest absolute Gasteiger partial charge is 0.409 e. The zero-order valence-corrected chi connectivity index (χ0v) is 10.1. The Morgan fingerprint density at radius 2 is 2.41 bits per heavy atom. The van der Waals surface area contributed by atoms with Crippen LogP contribution in [0.5, 0.6) is 5.88 Å². The fraction of sp³-hybridized carbons (Fsp3) is 0.636. The minimum absolute atomic E-state index is 0.332. The van der Waals surface area contributed by atoms with Gasteiger partial charge >= 0.3 is 6.09 Å². The first-order chi connectivity index (χ1) is 8.26. The van der Waals surface area contributed by atoms with E-state index in [1.807, 2.05) is 6.92 Å². The van der Waals surface area contributed by atoms with Crippen molar-refractivity contribution >= 4 is 6.09 Å². The van der Waals surface area contributed by atoms with Crippen molar-refractivity contribution in [2.75, 3.05) is 20.3 Å². The number of carbonyl (C=O) groups is 1. The van der Waals surface area contributed by atoms with Gasteiger partial charge in [0.05, 0.1) is 25.8 Å². The molecule has 2 rings (SSSR count). The van der Waals surface area contributed by atoms with Gasteiger partial charge in [0.2, 0.25) is 0 Å². The van der Waals surface area contributed by atoms with Crippen molar-refractivity contribution in [3.05, 3.63) is 11.3 Å². The highest BCUT2D eigenvalue weighted by Gasteiger charge is 2.26. The Bertz CT molecular complexity index is 402. The first-order valence-electron chi connectivity index (χ1n) is 5.69. The molecule has 0 radical (unpaired) electrons. The van der Waals surface area contributed by atoms with Gasteiger partial charge in [0.15, 0.2) is 0 Å². The van der Waals surface area contributed by atoms with Crippen molar-refractivity contribution in [2.45, 2.75) is 26.3 Å². The molecule has 0 bridgehead atoms. The van der Waals surface area contributed by atoms with Gasteiger partial charge in [0.25, 0.3) is 5.88 Å². The van der Waals surface area contributed by atoms with Crippen molar-refractivity contribution in [1.29, 1.82) is 0 Å². The summed E-state index contributed by atoms with van der Waals surface area (Å²) in [5, 5.41) is 3.87. The second kappa shape index (κ2) is 5.07. The van der Waals surface area contributed by atoms with E-state index in [4.69, 9.17) is 14.0 Å². The molecule has 6 heteroatoms. The lowest BCUT2D eigenvalue weighted by molar-refractivity contribution is 0.121. The highest BCUT2D eigenvalue weighted by Crippen LogP contribution is 2.27. The molecule has 1 aliphatic rings. The Kier molecular flexibility index (Phi) is 3.51. The maximum Gasteiger partial charge on any atom is 0.409 e. The molecular weight excluding hydrogens is 224 g/mol. The van der Waals surface area contributed by atoms with Gasteiger partial charge < -0.3 is 18.9 Å². The maximum atomic E-state index is 11.5. The third kappa shape index (κ3) is 2.35. The third-order valence-corrected chi connectivity index (χ3v) is 2.73. The predicted molar refractivity (Wildman–Crippen MR) is 58.8 cm³/mol. The largest absolute Gasteiger partial charge is 0.476 e. The lowest BCUT2D eigenvalue weighted by atomic mass is 10.2. The van der Waals surface area contributed by atoms with E-state index in [9.17, 15) is 4.79 Å². The molecule has 0 aromatic carbocycles. The summed E-state index contributed by atoms with van der Waals surface area (Å²) in [7, 11) is 1.38.